The monoisotopic (exact) mass is 282 g/mol. The van der Waals surface area contributed by atoms with Crippen molar-refractivity contribution in [1.29, 1.82) is 0 Å². The second-order valence-corrected chi connectivity index (χ2v) is 4.41. The standard InChI is InChI=1S/C16H14N2O3/c1-17(14-5-3-2-4-6-14)16(19)12-9-13-7-10-15(11-8-13)18(20)21/h2-12H,1H3/b12-9+. The first-order valence-corrected chi connectivity index (χ1v) is 6.33. The van der Waals surface area contributed by atoms with Gasteiger partial charge in [0.25, 0.3) is 11.6 Å². The van der Waals surface area contributed by atoms with E-state index in [0.717, 1.165) is 11.3 Å². The Morgan fingerprint density at radius 2 is 1.71 bits per heavy atom. The molecule has 0 atom stereocenters. The number of para-hydroxylation sites is 1. The van der Waals surface area contributed by atoms with Crippen LogP contribution in [0.4, 0.5) is 11.4 Å². The number of rotatable bonds is 4. The number of likely N-dealkylation sites (N-methyl/N-ethyl adjacent to an activating group) is 1. The van der Waals surface area contributed by atoms with Crippen LogP contribution in [-0.2, 0) is 4.79 Å². The molecule has 0 aliphatic carbocycles. The van der Waals surface area contributed by atoms with Crippen LogP contribution in [0.25, 0.3) is 6.08 Å². The van der Waals surface area contributed by atoms with Crippen molar-refractivity contribution in [2.24, 2.45) is 0 Å². The molecular weight excluding hydrogens is 268 g/mol. The number of hydrogen-bond donors (Lipinski definition) is 0. The minimum Gasteiger partial charge on any atom is -0.312 e. The third-order valence-electron chi connectivity index (χ3n) is 3.00. The first-order valence-electron chi connectivity index (χ1n) is 6.33. The van der Waals surface area contributed by atoms with Gasteiger partial charge in [0, 0.05) is 30.9 Å². The van der Waals surface area contributed by atoms with Gasteiger partial charge in [0.15, 0.2) is 0 Å². The molecular formula is C16H14N2O3. The third-order valence-corrected chi connectivity index (χ3v) is 3.00. The van der Waals surface area contributed by atoms with Crippen LogP contribution in [0.5, 0.6) is 0 Å². The van der Waals surface area contributed by atoms with E-state index in [2.05, 4.69) is 0 Å². The van der Waals surface area contributed by atoms with Gasteiger partial charge in [-0.25, -0.2) is 0 Å². The molecule has 0 radical (unpaired) electrons. The molecule has 0 fully saturated rings. The van der Waals surface area contributed by atoms with Crippen molar-refractivity contribution in [3.63, 3.8) is 0 Å². The molecule has 0 bridgehead atoms. The summed E-state index contributed by atoms with van der Waals surface area (Å²) in [5.74, 6) is -0.167. The Morgan fingerprint density at radius 1 is 1.10 bits per heavy atom. The molecule has 2 rings (SSSR count). The minimum absolute atomic E-state index is 0.0277. The van der Waals surface area contributed by atoms with Crippen molar-refractivity contribution in [2.75, 3.05) is 11.9 Å². The molecule has 0 N–H and O–H groups in total. The number of non-ortho nitro benzene ring substituents is 1. The van der Waals surface area contributed by atoms with Gasteiger partial charge in [-0.15, -0.1) is 0 Å². The molecule has 2 aromatic rings. The first kappa shape index (κ1) is 14.5. The number of nitro benzene ring substituents is 1. The van der Waals surface area contributed by atoms with Crippen LogP contribution >= 0.6 is 0 Å². The topological polar surface area (TPSA) is 63.5 Å². The summed E-state index contributed by atoms with van der Waals surface area (Å²) in [4.78, 5) is 23.6. The van der Waals surface area contributed by atoms with Crippen LogP contribution in [0.15, 0.2) is 60.7 Å². The highest BCUT2D eigenvalue weighted by Gasteiger charge is 2.07. The summed E-state index contributed by atoms with van der Waals surface area (Å²) in [6.45, 7) is 0. The van der Waals surface area contributed by atoms with Gasteiger partial charge in [-0.2, -0.15) is 0 Å². The van der Waals surface area contributed by atoms with Crippen LogP contribution in [0.2, 0.25) is 0 Å². The van der Waals surface area contributed by atoms with E-state index < -0.39 is 4.92 Å². The fourth-order valence-corrected chi connectivity index (χ4v) is 1.77. The van der Waals surface area contributed by atoms with Crippen molar-refractivity contribution >= 4 is 23.4 Å². The largest absolute Gasteiger partial charge is 0.312 e. The van der Waals surface area contributed by atoms with Gasteiger partial charge in [0.05, 0.1) is 4.92 Å². The van der Waals surface area contributed by atoms with Gasteiger partial charge in [-0.1, -0.05) is 18.2 Å². The predicted molar refractivity (Wildman–Crippen MR) is 82.0 cm³/mol. The Hall–Kier alpha value is -2.95. The average molecular weight is 282 g/mol. The molecule has 0 aliphatic rings. The number of carbonyl (C=O) groups is 1. The average Bonchev–Trinajstić information content (AvgIpc) is 2.53. The lowest BCUT2D eigenvalue weighted by Gasteiger charge is -2.14. The van der Waals surface area contributed by atoms with E-state index >= 15 is 0 Å². The molecule has 1 amide bonds. The van der Waals surface area contributed by atoms with Gasteiger partial charge >= 0.3 is 0 Å². The number of carbonyl (C=O) groups excluding carboxylic acids is 1. The zero-order valence-corrected chi connectivity index (χ0v) is 11.5. The molecule has 0 saturated heterocycles. The molecule has 0 aromatic heterocycles. The molecule has 2 aromatic carbocycles. The minimum atomic E-state index is -0.457. The fourth-order valence-electron chi connectivity index (χ4n) is 1.77. The van der Waals surface area contributed by atoms with Gasteiger partial charge < -0.3 is 4.90 Å². The number of nitro groups is 1. The fraction of sp³-hybridized carbons (Fsp3) is 0.0625. The summed E-state index contributed by atoms with van der Waals surface area (Å²) in [5, 5.41) is 10.6. The second-order valence-electron chi connectivity index (χ2n) is 4.41. The van der Waals surface area contributed by atoms with E-state index in [4.69, 9.17) is 0 Å². The Bertz CT molecular complexity index is 664. The Morgan fingerprint density at radius 3 is 2.29 bits per heavy atom. The predicted octanol–water partition coefficient (Wildman–Crippen LogP) is 3.27. The maximum atomic E-state index is 12.0. The maximum absolute atomic E-state index is 12.0. The van der Waals surface area contributed by atoms with E-state index in [1.165, 1.54) is 23.1 Å². The van der Waals surface area contributed by atoms with Gasteiger partial charge in [-0.05, 0) is 35.9 Å². The van der Waals surface area contributed by atoms with Crippen LogP contribution in [0, 0.1) is 10.1 Å². The zero-order valence-electron chi connectivity index (χ0n) is 11.5. The highest BCUT2D eigenvalue weighted by atomic mass is 16.6. The SMILES string of the molecule is CN(C(=O)/C=C/c1ccc([N+](=O)[O-])cc1)c1ccccc1. The van der Waals surface area contributed by atoms with E-state index in [9.17, 15) is 14.9 Å². The second kappa shape index (κ2) is 6.47. The summed E-state index contributed by atoms with van der Waals surface area (Å²) in [7, 11) is 1.69. The Balaban J connectivity index is 2.06. The quantitative estimate of drug-likeness (QED) is 0.491. The van der Waals surface area contributed by atoms with Crippen LogP contribution in [0.3, 0.4) is 0 Å². The van der Waals surface area contributed by atoms with Crippen molar-refractivity contribution in [3.05, 3.63) is 76.4 Å². The van der Waals surface area contributed by atoms with Crippen LogP contribution in [0.1, 0.15) is 5.56 Å². The van der Waals surface area contributed by atoms with E-state index in [1.807, 2.05) is 30.3 Å². The summed E-state index contributed by atoms with van der Waals surface area (Å²) in [6.07, 6.45) is 3.07. The van der Waals surface area contributed by atoms with Gasteiger partial charge in [0.1, 0.15) is 0 Å². The first-order chi connectivity index (χ1) is 10.1. The smallest absolute Gasteiger partial charge is 0.269 e. The molecule has 0 heterocycles. The normalized spacial score (nSPS) is 10.5. The summed E-state index contributed by atoms with van der Waals surface area (Å²) in [6, 6.07) is 15.3. The highest BCUT2D eigenvalue weighted by Crippen LogP contribution is 2.14. The lowest BCUT2D eigenvalue weighted by molar-refractivity contribution is -0.384. The Kier molecular flexibility index (Phi) is 4.46. The molecule has 0 spiro atoms. The lowest BCUT2D eigenvalue weighted by Crippen LogP contribution is -2.23. The van der Waals surface area contributed by atoms with E-state index in [-0.39, 0.29) is 11.6 Å². The Labute approximate surface area is 122 Å². The van der Waals surface area contributed by atoms with Crippen LogP contribution in [-0.4, -0.2) is 17.9 Å². The lowest BCUT2D eigenvalue weighted by atomic mass is 10.2. The molecule has 0 saturated carbocycles. The van der Waals surface area contributed by atoms with Crippen molar-refractivity contribution in [1.82, 2.24) is 0 Å². The molecule has 5 heteroatoms. The number of benzene rings is 2. The number of nitrogens with zero attached hydrogens (tertiary/aromatic N) is 2. The van der Waals surface area contributed by atoms with Gasteiger partial charge in [-0.3, -0.25) is 14.9 Å². The molecule has 5 nitrogen and oxygen atoms in total. The van der Waals surface area contributed by atoms with E-state index in [1.54, 1.807) is 25.3 Å². The molecule has 106 valence electrons. The summed E-state index contributed by atoms with van der Waals surface area (Å²) >= 11 is 0. The van der Waals surface area contributed by atoms with Crippen molar-refractivity contribution in [3.8, 4) is 0 Å². The van der Waals surface area contributed by atoms with Gasteiger partial charge in [0.2, 0.25) is 0 Å². The summed E-state index contributed by atoms with van der Waals surface area (Å²) in [5.41, 5.74) is 1.56. The van der Waals surface area contributed by atoms with Crippen LogP contribution < -0.4 is 4.90 Å². The maximum Gasteiger partial charge on any atom is 0.269 e. The number of anilines is 1. The molecule has 0 unspecified atom stereocenters. The van der Waals surface area contributed by atoms with Crippen molar-refractivity contribution < 1.29 is 9.72 Å². The molecule has 0 aliphatic heterocycles. The summed E-state index contributed by atoms with van der Waals surface area (Å²) < 4.78 is 0. The van der Waals surface area contributed by atoms with Crippen molar-refractivity contribution in [2.45, 2.75) is 0 Å². The third kappa shape index (κ3) is 3.76. The number of hydrogen-bond acceptors (Lipinski definition) is 3. The number of amides is 1. The molecule has 21 heavy (non-hydrogen) atoms. The van der Waals surface area contributed by atoms with E-state index in [0.29, 0.717) is 0 Å². The highest BCUT2D eigenvalue weighted by molar-refractivity contribution is 6.03. The zero-order chi connectivity index (χ0) is 15.2.